The number of urea groups is 1. The molecule has 2 N–H and O–H groups in total. The number of nitrogens with one attached hydrogen (secondary N) is 2. The van der Waals surface area contributed by atoms with Crippen molar-refractivity contribution in [1.82, 2.24) is 20.1 Å². The Balaban J connectivity index is 1.58. The minimum Gasteiger partial charge on any atom is -0.331 e. The molecule has 2 heterocycles. The first-order chi connectivity index (χ1) is 10.6. The van der Waals surface area contributed by atoms with Crippen molar-refractivity contribution in [3.05, 3.63) is 46.0 Å². The predicted octanol–water partition coefficient (Wildman–Crippen LogP) is 1.45. The third-order valence-electron chi connectivity index (χ3n) is 3.41. The van der Waals surface area contributed by atoms with E-state index in [4.69, 9.17) is 0 Å². The Hall–Kier alpha value is -2.97. The third-order valence-corrected chi connectivity index (χ3v) is 3.41. The number of fused-ring (bicyclic) bond motifs is 1. The molecule has 1 aromatic carbocycles. The van der Waals surface area contributed by atoms with Crippen LogP contribution in [0.2, 0.25) is 0 Å². The molecule has 0 unspecified atom stereocenters. The molecule has 0 bridgehead atoms. The summed E-state index contributed by atoms with van der Waals surface area (Å²) in [7, 11) is 0. The number of amides is 2. The van der Waals surface area contributed by atoms with Crippen LogP contribution in [0.15, 0.2) is 24.3 Å². The molecule has 1 aromatic heterocycles. The van der Waals surface area contributed by atoms with Gasteiger partial charge in [0, 0.05) is 30.8 Å². The molecule has 2 aromatic rings. The summed E-state index contributed by atoms with van der Waals surface area (Å²) in [6.07, 6.45) is 1.95. The molecule has 9 nitrogen and oxygen atoms in total. The fraction of sp³-hybridized carbons (Fsp3) is 0.308. The van der Waals surface area contributed by atoms with E-state index in [-0.39, 0.29) is 12.2 Å². The van der Waals surface area contributed by atoms with Gasteiger partial charge in [-0.05, 0) is 12.5 Å². The van der Waals surface area contributed by atoms with Crippen molar-refractivity contribution in [3.8, 4) is 0 Å². The highest BCUT2D eigenvalue weighted by Gasteiger charge is 2.17. The summed E-state index contributed by atoms with van der Waals surface area (Å²) < 4.78 is 1.99. The number of carbonyl (C=O) groups is 1. The summed E-state index contributed by atoms with van der Waals surface area (Å²) in [6.45, 7) is 1.12. The van der Waals surface area contributed by atoms with Crippen LogP contribution in [0, 0.1) is 10.1 Å². The Kier molecular flexibility index (Phi) is 3.69. The summed E-state index contributed by atoms with van der Waals surface area (Å²) in [6, 6.07) is 5.31. The minimum absolute atomic E-state index is 0.0759. The van der Waals surface area contributed by atoms with Crippen molar-refractivity contribution in [2.24, 2.45) is 0 Å². The van der Waals surface area contributed by atoms with Crippen molar-refractivity contribution in [3.63, 3.8) is 0 Å². The second-order valence-electron chi connectivity index (χ2n) is 4.90. The lowest BCUT2D eigenvalue weighted by atomic mass is 10.3. The average Bonchev–Trinajstić information content (AvgIpc) is 3.09. The van der Waals surface area contributed by atoms with Crippen molar-refractivity contribution >= 4 is 17.4 Å². The van der Waals surface area contributed by atoms with Crippen molar-refractivity contribution in [2.75, 3.05) is 5.32 Å². The van der Waals surface area contributed by atoms with Crippen LogP contribution in [0.25, 0.3) is 0 Å². The molecule has 0 saturated heterocycles. The first-order valence-corrected chi connectivity index (χ1v) is 6.84. The largest absolute Gasteiger partial charge is 0.331 e. The molecule has 114 valence electrons. The number of hydrogen-bond acceptors (Lipinski definition) is 5. The van der Waals surface area contributed by atoms with E-state index in [0.717, 1.165) is 25.2 Å². The number of carbonyl (C=O) groups excluding carboxylic acids is 1. The normalized spacial score (nSPS) is 12.7. The first kappa shape index (κ1) is 14.0. The number of nitrogens with zero attached hydrogens (tertiary/aromatic N) is 4. The number of benzene rings is 1. The van der Waals surface area contributed by atoms with Crippen LogP contribution >= 0.6 is 0 Å². The second kappa shape index (κ2) is 5.80. The molecule has 2 amide bonds. The van der Waals surface area contributed by atoms with Gasteiger partial charge in [-0.3, -0.25) is 10.1 Å². The maximum absolute atomic E-state index is 11.8. The van der Waals surface area contributed by atoms with E-state index < -0.39 is 11.0 Å². The topological polar surface area (TPSA) is 115 Å². The van der Waals surface area contributed by atoms with E-state index in [2.05, 4.69) is 20.8 Å². The van der Waals surface area contributed by atoms with E-state index >= 15 is 0 Å². The number of nitro groups is 1. The molecule has 1 aliphatic heterocycles. The molecular weight excluding hydrogens is 288 g/mol. The number of anilines is 1. The van der Waals surface area contributed by atoms with Crippen LogP contribution in [0.5, 0.6) is 0 Å². The average molecular weight is 302 g/mol. The zero-order chi connectivity index (χ0) is 15.5. The van der Waals surface area contributed by atoms with E-state index in [0.29, 0.717) is 11.5 Å². The van der Waals surface area contributed by atoms with Crippen LogP contribution < -0.4 is 10.6 Å². The first-order valence-electron chi connectivity index (χ1n) is 6.84. The summed E-state index contributed by atoms with van der Waals surface area (Å²) in [5, 5.41) is 24.0. The molecule has 0 saturated carbocycles. The Morgan fingerprint density at radius 3 is 3.09 bits per heavy atom. The molecule has 0 fully saturated rings. The van der Waals surface area contributed by atoms with Gasteiger partial charge in [-0.15, -0.1) is 10.2 Å². The summed E-state index contributed by atoms with van der Waals surface area (Å²) in [5.74, 6) is 1.65. The van der Waals surface area contributed by atoms with Crippen molar-refractivity contribution in [1.29, 1.82) is 0 Å². The van der Waals surface area contributed by atoms with Crippen LogP contribution in [0.1, 0.15) is 18.1 Å². The quantitative estimate of drug-likeness (QED) is 0.655. The smallest absolute Gasteiger partial charge is 0.319 e. The Bertz CT molecular complexity index is 726. The van der Waals surface area contributed by atoms with Crippen LogP contribution in [-0.2, 0) is 19.5 Å². The highest BCUT2D eigenvalue weighted by molar-refractivity contribution is 5.89. The molecular formula is C13H14N6O3. The molecule has 0 spiro atoms. The number of aromatic nitrogens is 3. The van der Waals surface area contributed by atoms with E-state index in [1.54, 1.807) is 6.07 Å². The number of hydrogen-bond donors (Lipinski definition) is 2. The van der Waals surface area contributed by atoms with Gasteiger partial charge in [-0.25, -0.2) is 4.79 Å². The lowest BCUT2D eigenvalue weighted by Gasteiger charge is -2.07. The lowest BCUT2D eigenvalue weighted by Crippen LogP contribution is -2.29. The molecule has 0 atom stereocenters. The zero-order valence-electron chi connectivity index (χ0n) is 11.7. The van der Waals surface area contributed by atoms with Gasteiger partial charge in [0.15, 0.2) is 5.82 Å². The fourth-order valence-corrected chi connectivity index (χ4v) is 2.37. The minimum atomic E-state index is -0.511. The number of non-ortho nitro benzene ring substituents is 1. The number of nitro benzene ring substituents is 1. The number of rotatable bonds is 4. The van der Waals surface area contributed by atoms with Gasteiger partial charge in [0.05, 0.1) is 11.5 Å². The van der Waals surface area contributed by atoms with Gasteiger partial charge in [0.25, 0.3) is 5.69 Å². The van der Waals surface area contributed by atoms with Gasteiger partial charge in [0.1, 0.15) is 5.82 Å². The molecule has 0 radical (unpaired) electrons. The highest BCUT2D eigenvalue weighted by atomic mass is 16.6. The molecule has 0 aliphatic carbocycles. The third kappa shape index (κ3) is 2.87. The Labute approximate surface area is 125 Å². The van der Waals surface area contributed by atoms with E-state index in [1.165, 1.54) is 18.2 Å². The molecule has 9 heteroatoms. The summed E-state index contributed by atoms with van der Waals surface area (Å²) in [5.41, 5.74) is 0.284. The van der Waals surface area contributed by atoms with Gasteiger partial charge in [-0.1, -0.05) is 6.07 Å². The molecule has 22 heavy (non-hydrogen) atoms. The van der Waals surface area contributed by atoms with Gasteiger partial charge in [-0.2, -0.15) is 0 Å². The second-order valence-corrected chi connectivity index (χ2v) is 4.90. The summed E-state index contributed by atoms with van der Waals surface area (Å²) in [4.78, 5) is 22.0. The lowest BCUT2D eigenvalue weighted by molar-refractivity contribution is -0.384. The maximum atomic E-state index is 11.8. The Morgan fingerprint density at radius 2 is 2.27 bits per heavy atom. The predicted molar refractivity (Wildman–Crippen MR) is 77.3 cm³/mol. The number of aryl methyl sites for hydroxylation is 1. The summed E-state index contributed by atoms with van der Waals surface area (Å²) >= 11 is 0. The SMILES string of the molecule is O=C(NCc1nnc2n1CCC2)Nc1cccc([N+](=O)[O-])c1. The van der Waals surface area contributed by atoms with Gasteiger partial charge in [0.2, 0.25) is 0 Å². The fourth-order valence-electron chi connectivity index (χ4n) is 2.37. The van der Waals surface area contributed by atoms with E-state index in [9.17, 15) is 14.9 Å². The molecule has 3 rings (SSSR count). The highest BCUT2D eigenvalue weighted by Crippen LogP contribution is 2.17. The Morgan fingerprint density at radius 1 is 1.41 bits per heavy atom. The van der Waals surface area contributed by atoms with Gasteiger partial charge < -0.3 is 15.2 Å². The maximum Gasteiger partial charge on any atom is 0.319 e. The zero-order valence-corrected chi connectivity index (χ0v) is 11.7. The van der Waals surface area contributed by atoms with Crippen LogP contribution in [0.4, 0.5) is 16.2 Å². The van der Waals surface area contributed by atoms with Crippen molar-refractivity contribution < 1.29 is 9.72 Å². The van der Waals surface area contributed by atoms with Crippen LogP contribution in [0.3, 0.4) is 0 Å². The van der Waals surface area contributed by atoms with Gasteiger partial charge >= 0.3 is 6.03 Å². The van der Waals surface area contributed by atoms with Crippen LogP contribution in [-0.4, -0.2) is 25.7 Å². The standard InChI is InChI=1S/C13H14N6O3/c20-13(15-9-3-1-4-10(7-9)19(21)22)14-8-12-17-16-11-5-2-6-18(11)12/h1,3-4,7H,2,5-6,8H2,(H2,14,15,20). The molecule has 1 aliphatic rings. The monoisotopic (exact) mass is 302 g/mol. The van der Waals surface area contributed by atoms with E-state index in [1.807, 2.05) is 4.57 Å². The van der Waals surface area contributed by atoms with Crippen molar-refractivity contribution in [2.45, 2.75) is 25.9 Å².